The molecule has 1 unspecified atom stereocenters. The van der Waals surface area contributed by atoms with E-state index in [0.29, 0.717) is 29.9 Å². The number of aromatic nitrogens is 2. The minimum Gasteiger partial charge on any atom is -0.491 e. The van der Waals surface area contributed by atoms with Crippen molar-refractivity contribution < 1.29 is 4.74 Å². The Labute approximate surface area is 149 Å². The maximum atomic E-state index is 6.17. The van der Waals surface area contributed by atoms with Crippen LogP contribution in [0.4, 0.5) is 5.82 Å². The van der Waals surface area contributed by atoms with Crippen LogP contribution >= 0.6 is 11.6 Å². The average molecular weight is 348 g/mol. The molecule has 0 saturated heterocycles. The van der Waals surface area contributed by atoms with Crippen LogP contribution in [-0.4, -0.2) is 23.1 Å². The second-order valence-corrected chi connectivity index (χ2v) is 6.30. The van der Waals surface area contributed by atoms with Gasteiger partial charge in [-0.15, -0.1) is 0 Å². The van der Waals surface area contributed by atoms with Crippen LogP contribution in [0.15, 0.2) is 24.5 Å². The molecule has 0 fully saturated rings. The second kappa shape index (κ2) is 8.88. The molecule has 5 heteroatoms. The number of rotatable bonds is 8. The van der Waals surface area contributed by atoms with Gasteiger partial charge in [-0.2, -0.15) is 0 Å². The first-order chi connectivity index (χ1) is 11.6. The van der Waals surface area contributed by atoms with Crippen molar-refractivity contribution in [1.29, 1.82) is 0 Å². The number of nitrogens with one attached hydrogen (secondary N) is 1. The molecule has 130 valence electrons. The fourth-order valence-electron chi connectivity index (χ4n) is 2.47. The molecule has 1 aromatic carbocycles. The number of hydrogen-bond donors (Lipinski definition) is 1. The summed E-state index contributed by atoms with van der Waals surface area (Å²) in [7, 11) is 0. The quantitative estimate of drug-likeness (QED) is 0.682. The number of hydrogen-bond acceptors (Lipinski definition) is 4. The minimum absolute atomic E-state index is 0.551. The molecule has 0 aliphatic rings. The van der Waals surface area contributed by atoms with Gasteiger partial charge in [0, 0.05) is 0 Å². The summed E-state index contributed by atoms with van der Waals surface area (Å²) in [5.74, 6) is 2.18. The number of ether oxygens (including phenoxy) is 1. The molecule has 0 amide bonds. The Balaban J connectivity index is 1.93. The second-order valence-electron chi connectivity index (χ2n) is 5.93. The summed E-state index contributed by atoms with van der Waals surface area (Å²) in [6, 6.07) is 6.52. The molecule has 1 atom stereocenters. The van der Waals surface area contributed by atoms with Crippen molar-refractivity contribution in [3.63, 3.8) is 0 Å². The number of aryl methyl sites for hydroxylation is 2. The van der Waals surface area contributed by atoms with Crippen molar-refractivity contribution in [2.75, 3.05) is 18.5 Å². The predicted octanol–water partition coefficient (Wildman–Crippen LogP) is 5.01. The SMILES string of the molecule is CCc1cc(C(C)CC)ccc1OCCNc1ncnc(C)c1Cl. The molecule has 1 N–H and O–H groups in total. The molecule has 0 spiro atoms. The minimum atomic E-state index is 0.551. The third-order valence-electron chi connectivity index (χ3n) is 4.26. The highest BCUT2D eigenvalue weighted by molar-refractivity contribution is 6.33. The van der Waals surface area contributed by atoms with Crippen LogP contribution in [0.3, 0.4) is 0 Å². The first kappa shape index (κ1) is 18.5. The standard InChI is InChI=1S/C19H26ClN3O/c1-5-13(3)16-7-8-17(15(6-2)11-16)24-10-9-21-19-18(20)14(4)22-12-23-19/h7-8,11-13H,5-6,9-10H2,1-4H3,(H,21,22,23). The van der Waals surface area contributed by atoms with Crippen molar-refractivity contribution in [3.05, 3.63) is 46.4 Å². The van der Waals surface area contributed by atoms with E-state index in [9.17, 15) is 0 Å². The van der Waals surface area contributed by atoms with E-state index in [0.717, 1.165) is 24.3 Å². The Morgan fingerprint density at radius 3 is 2.75 bits per heavy atom. The third-order valence-corrected chi connectivity index (χ3v) is 4.72. The Bertz CT molecular complexity index is 676. The third kappa shape index (κ3) is 4.60. The lowest BCUT2D eigenvalue weighted by molar-refractivity contribution is 0.329. The highest BCUT2D eigenvalue weighted by atomic mass is 35.5. The van der Waals surface area contributed by atoms with Crippen LogP contribution in [0.25, 0.3) is 0 Å². The van der Waals surface area contributed by atoms with Gasteiger partial charge in [-0.05, 0) is 42.9 Å². The molecule has 0 bridgehead atoms. The van der Waals surface area contributed by atoms with Gasteiger partial charge in [0.25, 0.3) is 0 Å². The van der Waals surface area contributed by atoms with E-state index in [1.54, 1.807) is 0 Å². The van der Waals surface area contributed by atoms with Crippen LogP contribution in [0, 0.1) is 6.92 Å². The van der Waals surface area contributed by atoms with E-state index in [4.69, 9.17) is 16.3 Å². The highest BCUT2D eigenvalue weighted by Gasteiger charge is 2.09. The summed E-state index contributed by atoms with van der Waals surface area (Å²) in [5.41, 5.74) is 3.40. The molecular weight excluding hydrogens is 322 g/mol. The molecule has 0 aliphatic heterocycles. The van der Waals surface area contributed by atoms with Gasteiger partial charge in [-0.25, -0.2) is 9.97 Å². The molecule has 0 radical (unpaired) electrons. The van der Waals surface area contributed by atoms with Gasteiger partial charge in [-0.1, -0.05) is 44.5 Å². The van der Waals surface area contributed by atoms with Gasteiger partial charge < -0.3 is 10.1 Å². The summed E-state index contributed by atoms with van der Waals surface area (Å²) < 4.78 is 5.94. The molecule has 2 aromatic rings. The van der Waals surface area contributed by atoms with Gasteiger partial charge in [0.2, 0.25) is 0 Å². The Morgan fingerprint density at radius 1 is 1.25 bits per heavy atom. The molecule has 0 aliphatic carbocycles. The lowest BCUT2D eigenvalue weighted by Crippen LogP contribution is -2.13. The topological polar surface area (TPSA) is 47.0 Å². The van der Waals surface area contributed by atoms with Gasteiger partial charge in [-0.3, -0.25) is 0 Å². The zero-order valence-electron chi connectivity index (χ0n) is 14.9. The predicted molar refractivity (Wildman–Crippen MR) is 100 cm³/mol. The number of benzene rings is 1. The number of halogens is 1. The van der Waals surface area contributed by atoms with Crippen LogP contribution in [-0.2, 0) is 6.42 Å². The van der Waals surface area contributed by atoms with Crippen molar-refractivity contribution in [3.8, 4) is 5.75 Å². The van der Waals surface area contributed by atoms with E-state index in [-0.39, 0.29) is 0 Å². The maximum absolute atomic E-state index is 6.17. The van der Waals surface area contributed by atoms with E-state index >= 15 is 0 Å². The molecule has 2 rings (SSSR count). The number of nitrogens with zero attached hydrogens (tertiary/aromatic N) is 2. The molecule has 1 aromatic heterocycles. The van der Waals surface area contributed by atoms with Crippen LogP contribution < -0.4 is 10.1 Å². The van der Waals surface area contributed by atoms with Crippen LogP contribution in [0.2, 0.25) is 5.02 Å². The monoisotopic (exact) mass is 347 g/mol. The Morgan fingerprint density at radius 2 is 2.04 bits per heavy atom. The summed E-state index contributed by atoms with van der Waals surface area (Å²) in [6.07, 6.45) is 3.61. The maximum Gasteiger partial charge on any atom is 0.148 e. The first-order valence-electron chi connectivity index (χ1n) is 8.53. The largest absolute Gasteiger partial charge is 0.491 e. The molecule has 4 nitrogen and oxygen atoms in total. The molecule has 1 heterocycles. The van der Waals surface area contributed by atoms with Gasteiger partial charge in [0.15, 0.2) is 0 Å². The molecule has 24 heavy (non-hydrogen) atoms. The van der Waals surface area contributed by atoms with Crippen molar-refractivity contribution in [1.82, 2.24) is 9.97 Å². The highest BCUT2D eigenvalue weighted by Crippen LogP contribution is 2.26. The summed E-state index contributed by atoms with van der Waals surface area (Å²) in [4.78, 5) is 8.20. The zero-order valence-corrected chi connectivity index (χ0v) is 15.7. The van der Waals surface area contributed by atoms with E-state index in [2.05, 4.69) is 54.3 Å². The van der Waals surface area contributed by atoms with Gasteiger partial charge in [0.05, 0.1) is 12.2 Å². The fraction of sp³-hybridized carbons (Fsp3) is 0.474. The van der Waals surface area contributed by atoms with Crippen molar-refractivity contribution >= 4 is 17.4 Å². The smallest absolute Gasteiger partial charge is 0.148 e. The number of anilines is 1. The zero-order chi connectivity index (χ0) is 17.5. The van der Waals surface area contributed by atoms with Crippen molar-refractivity contribution in [2.24, 2.45) is 0 Å². The molecular formula is C19H26ClN3O. The van der Waals surface area contributed by atoms with E-state index in [1.165, 1.54) is 17.5 Å². The van der Waals surface area contributed by atoms with Crippen LogP contribution in [0.5, 0.6) is 5.75 Å². The average Bonchev–Trinajstić information content (AvgIpc) is 2.61. The summed E-state index contributed by atoms with van der Waals surface area (Å²) >= 11 is 6.17. The summed E-state index contributed by atoms with van der Waals surface area (Å²) in [6.45, 7) is 9.67. The van der Waals surface area contributed by atoms with E-state index < -0.39 is 0 Å². The van der Waals surface area contributed by atoms with Gasteiger partial charge in [0.1, 0.15) is 29.5 Å². The lowest BCUT2D eigenvalue weighted by atomic mass is 9.96. The van der Waals surface area contributed by atoms with E-state index in [1.807, 2.05) is 6.92 Å². The Kier molecular flexibility index (Phi) is 6.85. The van der Waals surface area contributed by atoms with Crippen molar-refractivity contribution in [2.45, 2.75) is 46.5 Å². The van der Waals surface area contributed by atoms with Crippen LogP contribution in [0.1, 0.15) is 49.9 Å². The fourth-order valence-corrected chi connectivity index (χ4v) is 2.63. The van der Waals surface area contributed by atoms with Gasteiger partial charge >= 0.3 is 0 Å². The Hall–Kier alpha value is -1.81. The summed E-state index contributed by atoms with van der Waals surface area (Å²) in [5, 5.41) is 3.75. The first-order valence-corrected chi connectivity index (χ1v) is 8.91. The molecule has 0 saturated carbocycles. The normalized spacial score (nSPS) is 12.0. The lowest BCUT2D eigenvalue weighted by Gasteiger charge is -2.15.